The summed E-state index contributed by atoms with van der Waals surface area (Å²) in [6.45, 7) is 1.70. The molecule has 0 bridgehead atoms. The SMILES string of the molecule is NCCCN(Cc1ccccc1)C(=O)CN1C(=O)CSc2ccccc21. The number of fused-ring (bicyclic) bond motifs is 1. The third-order valence-corrected chi connectivity index (χ3v) is 5.35. The number of anilines is 1. The molecule has 0 spiro atoms. The molecule has 1 aliphatic rings. The van der Waals surface area contributed by atoms with Crippen molar-refractivity contribution in [2.75, 3.05) is 30.3 Å². The molecule has 136 valence electrons. The maximum Gasteiger partial charge on any atom is 0.242 e. The van der Waals surface area contributed by atoms with Crippen LogP contribution in [-0.2, 0) is 16.1 Å². The Hall–Kier alpha value is -2.31. The summed E-state index contributed by atoms with van der Waals surface area (Å²) in [7, 11) is 0. The first-order chi connectivity index (χ1) is 12.7. The van der Waals surface area contributed by atoms with E-state index in [0.717, 1.165) is 22.6 Å². The number of amides is 2. The van der Waals surface area contributed by atoms with Gasteiger partial charge in [0.1, 0.15) is 6.54 Å². The minimum Gasteiger partial charge on any atom is -0.337 e. The van der Waals surface area contributed by atoms with E-state index in [0.29, 0.717) is 25.4 Å². The average Bonchev–Trinajstić information content (AvgIpc) is 2.68. The second-order valence-corrected chi connectivity index (χ2v) is 7.20. The smallest absolute Gasteiger partial charge is 0.242 e. The maximum absolute atomic E-state index is 13.0. The van der Waals surface area contributed by atoms with Crippen LogP contribution in [0.15, 0.2) is 59.5 Å². The molecule has 2 N–H and O–H groups in total. The number of carbonyl (C=O) groups is 2. The fourth-order valence-corrected chi connectivity index (χ4v) is 3.88. The van der Waals surface area contributed by atoms with Gasteiger partial charge in [0.2, 0.25) is 11.8 Å². The van der Waals surface area contributed by atoms with Gasteiger partial charge < -0.3 is 15.5 Å². The van der Waals surface area contributed by atoms with E-state index in [9.17, 15) is 9.59 Å². The molecule has 0 unspecified atom stereocenters. The van der Waals surface area contributed by atoms with Gasteiger partial charge in [-0.25, -0.2) is 0 Å². The summed E-state index contributed by atoms with van der Waals surface area (Å²) in [4.78, 5) is 29.8. The lowest BCUT2D eigenvalue weighted by atomic mass is 10.2. The second-order valence-electron chi connectivity index (χ2n) is 6.18. The van der Waals surface area contributed by atoms with Crippen LogP contribution in [0, 0.1) is 0 Å². The number of hydrogen-bond donors (Lipinski definition) is 1. The highest BCUT2D eigenvalue weighted by atomic mass is 32.2. The molecule has 0 aliphatic carbocycles. The third-order valence-electron chi connectivity index (χ3n) is 4.30. The number of benzene rings is 2. The maximum atomic E-state index is 13.0. The van der Waals surface area contributed by atoms with Crippen molar-refractivity contribution in [3.8, 4) is 0 Å². The molecule has 0 saturated carbocycles. The molecule has 5 nitrogen and oxygen atoms in total. The van der Waals surface area contributed by atoms with Crippen molar-refractivity contribution in [2.24, 2.45) is 5.73 Å². The zero-order chi connectivity index (χ0) is 18.4. The molecule has 0 radical (unpaired) electrons. The summed E-state index contributed by atoms with van der Waals surface area (Å²) in [5, 5.41) is 0. The molecule has 0 fully saturated rings. The Morgan fingerprint density at radius 3 is 2.62 bits per heavy atom. The minimum atomic E-state index is -0.0580. The van der Waals surface area contributed by atoms with Crippen molar-refractivity contribution < 1.29 is 9.59 Å². The zero-order valence-electron chi connectivity index (χ0n) is 14.6. The molecule has 6 heteroatoms. The Labute approximate surface area is 158 Å². The summed E-state index contributed by atoms with van der Waals surface area (Å²) in [6.07, 6.45) is 0.735. The van der Waals surface area contributed by atoms with Crippen LogP contribution in [0.25, 0.3) is 0 Å². The number of nitrogens with two attached hydrogens (primary N) is 1. The lowest BCUT2D eigenvalue weighted by Crippen LogP contribution is -2.45. The zero-order valence-corrected chi connectivity index (χ0v) is 15.5. The van der Waals surface area contributed by atoms with Crippen molar-refractivity contribution in [1.29, 1.82) is 0 Å². The van der Waals surface area contributed by atoms with Gasteiger partial charge in [-0.05, 0) is 30.7 Å². The summed E-state index contributed by atoms with van der Waals surface area (Å²) in [5.41, 5.74) is 7.52. The van der Waals surface area contributed by atoms with Crippen molar-refractivity contribution in [3.63, 3.8) is 0 Å². The number of hydrogen-bond acceptors (Lipinski definition) is 4. The number of carbonyl (C=O) groups excluding carboxylic acids is 2. The quantitative estimate of drug-likeness (QED) is 0.814. The Morgan fingerprint density at radius 1 is 1.12 bits per heavy atom. The second kappa shape index (κ2) is 8.87. The van der Waals surface area contributed by atoms with Crippen LogP contribution in [0.2, 0.25) is 0 Å². The van der Waals surface area contributed by atoms with Gasteiger partial charge in [0.25, 0.3) is 0 Å². The number of para-hydroxylation sites is 1. The Morgan fingerprint density at radius 2 is 1.85 bits per heavy atom. The standard InChI is InChI=1S/C20H23N3O2S/c21-11-6-12-22(13-16-7-2-1-3-8-16)19(24)14-23-17-9-4-5-10-18(17)26-15-20(23)25/h1-5,7-10H,6,11-15,21H2. The topological polar surface area (TPSA) is 66.6 Å². The number of thioether (sulfide) groups is 1. The average molecular weight is 369 g/mol. The van der Waals surface area contributed by atoms with Gasteiger partial charge >= 0.3 is 0 Å². The lowest BCUT2D eigenvalue weighted by molar-refractivity contribution is -0.131. The van der Waals surface area contributed by atoms with Crippen LogP contribution in [0.5, 0.6) is 0 Å². The van der Waals surface area contributed by atoms with Crippen molar-refractivity contribution >= 4 is 29.3 Å². The Bertz CT molecular complexity index is 767. The summed E-state index contributed by atoms with van der Waals surface area (Å²) in [6, 6.07) is 17.6. The summed E-state index contributed by atoms with van der Waals surface area (Å²) >= 11 is 1.52. The molecule has 1 heterocycles. The van der Waals surface area contributed by atoms with Gasteiger partial charge in [0.15, 0.2) is 0 Å². The molecule has 2 aromatic carbocycles. The van der Waals surface area contributed by atoms with Crippen molar-refractivity contribution in [2.45, 2.75) is 17.9 Å². The van der Waals surface area contributed by atoms with Gasteiger partial charge in [-0.15, -0.1) is 11.8 Å². The molecule has 0 aromatic heterocycles. The first kappa shape index (κ1) is 18.5. The van der Waals surface area contributed by atoms with Gasteiger partial charge in [-0.2, -0.15) is 0 Å². The van der Waals surface area contributed by atoms with E-state index in [4.69, 9.17) is 5.73 Å². The summed E-state index contributed by atoms with van der Waals surface area (Å²) in [5.74, 6) is 0.282. The van der Waals surface area contributed by atoms with Crippen LogP contribution in [0.1, 0.15) is 12.0 Å². The third kappa shape index (κ3) is 4.45. The first-order valence-electron chi connectivity index (χ1n) is 8.73. The lowest BCUT2D eigenvalue weighted by Gasteiger charge is -2.31. The molecule has 0 saturated heterocycles. The van der Waals surface area contributed by atoms with Crippen LogP contribution < -0.4 is 10.6 Å². The number of rotatable bonds is 7. The predicted molar refractivity (Wildman–Crippen MR) is 105 cm³/mol. The molecule has 3 rings (SSSR count). The molecular weight excluding hydrogens is 346 g/mol. The highest BCUT2D eigenvalue weighted by Crippen LogP contribution is 2.34. The van der Waals surface area contributed by atoms with Gasteiger partial charge in [-0.1, -0.05) is 42.5 Å². The molecule has 1 aliphatic heterocycles. The Balaban J connectivity index is 1.75. The monoisotopic (exact) mass is 369 g/mol. The highest BCUT2D eigenvalue weighted by Gasteiger charge is 2.27. The van der Waals surface area contributed by atoms with Crippen molar-refractivity contribution in [1.82, 2.24) is 4.90 Å². The molecule has 2 aromatic rings. The van der Waals surface area contributed by atoms with Crippen molar-refractivity contribution in [3.05, 3.63) is 60.2 Å². The van der Waals surface area contributed by atoms with Crippen LogP contribution in [0.4, 0.5) is 5.69 Å². The van der Waals surface area contributed by atoms with Crippen LogP contribution >= 0.6 is 11.8 Å². The molecule has 26 heavy (non-hydrogen) atoms. The van der Waals surface area contributed by atoms with Crippen LogP contribution in [-0.4, -0.2) is 42.1 Å². The van der Waals surface area contributed by atoms with Gasteiger partial charge in [0, 0.05) is 18.0 Å². The fraction of sp³-hybridized carbons (Fsp3) is 0.300. The number of nitrogens with zero attached hydrogens (tertiary/aromatic N) is 2. The van der Waals surface area contributed by atoms with Gasteiger partial charge in [-0.3, -0.25) is 9.59 Å². The molecule has 0 atom stereocenters. The van der Waals surface area contributed by atoms with Gasteiger partial charge in [0.05, 0.1) is 11.4 Å². The largest absolute Gasteiger partial charge is 0.337 e. The van der Waals surface area contributed by atoms with E-state index in [1.54, 1.807) is 9.80 Å². The van der Waals surface area contributed by atoms with E-state index < -0.39 is 0 Å². The normalized spacial score (nSPS) is 13.4. The van der Waals surface area contributed by atoms with E-state index in [1.165, 1.54) is 11.8 Å². The van der Waals surface area contributed by atoms with E-state index in [2.05, 4.69) is 0 Å². The predicted octanol–water partition coefficient (Wildman–Crippen LogP) is 2.50. The van der Waals surface area contributed by atoms with E-state index in [-0.39, 0.29) is 18.4 Å². The molecule has 2 amide bonds. The fourth-order valence-electron chi connectivity index (χ4n) is 2.94. The Kier molecular flexibility index (Phi) is 6.30. The van der Waals surface area contributed by atoms with Crippen LogP contribution in [0.3, 0.4) is 0 Å². The first-order valence-corrected chi connectivity index (χ1v) is 9.71. The minimum absolute atomic E-state index is 0.0273. The summed E-state index contributed by atoms with van der Waals surface area (Å²) < 4.78 is 0. The highest BCUT2D eigenvalue weighted by molar-refractivity contribution is 8.00. The molecular formula is C20H23N3O2S. The van der Waals surface area contributed by atoms with E-state index in [1.807, 2.05) is 54.6 Å². The van der Waals surface area contributed by atoms with E-state index >= 15 is 0 Å².